The maximum atomic E-state index is 12.2. The largest absolute Gasteiger partial charge is 0.369 e. The van der Waals surface area contributed by atoms with Crippen LogP contribution in [0.1, 0.15) is 66.2 Å². The molecule has 2 unspecified atom stereocenters. The Morgan fingerprint density at radius 1 is 0.615 bits per heavy atom. The molecule has 3 aliphatic rings. The Kier molecular flexibility index (Phi) is 6.71. The van der Waals surface area contributed by atoms with Gasteiger partial charge in [0.15, 0.2) is 6.23 Å². The van der Waals surface area contributed by atoms with Crippen molar-refractivity contribution < 1.29 is 19.5 Å². The minimum Gasteiger partial charge on any atom is -0.369 e. The first-order valence-electron chi connectivity index (χ1n) is 13.5. The number of nitrogens with zero attached hydrogens (tertiary/aromatic N) is 2. The molecule has 1 fully saturated rings. The normalized spacial score (nSPS) is 20.3. The van der Waals surface area contributed by atoms with E-state index < -0.39 is 6.23 Å². The minimum absolute atomic E-state index is 0.103. The van der Waals surface area contributed by atoms with Gasteiger partial charge in [-0.25, -0.2) is 4.90 Å². The van der Waals surface area contributed by atoms with Crippen molar-refractivity contribution in [3.63, 3.8) is 0 Å². The molecular weight excluding hydrogens is 488 g/mol. The molecule has 1 N–H and O–H groups in total. The zero-order valence-corrected chi connectivity index (χ0v) is 21.6. The van der Waals surface area contributed by atoms with Crippen LogP contribution in [0.4, 0.5) is 11.4 Å². The van der Waals surface area contributed by atoms with Gasteiger partial charge in [0.1, 0.15) is 0 Å². The monoisotopic (exact) mass is 518 g/mol. The summed E-state index contributed by atoms with van der Waals surface area (Å²) in [5, 5.41) is 10.2. The fourth-order valence-corrected chi connectivity index (χ4v) is 6.02. The van der Waals surface area contributed by atoms with Crippen LogP contribution in [0.25, 0.3) is 0 Å². The van der Waals surface area contributed by atoms with Gasteiger partial charge in [-0.1, -0.05) is 67.8 Å². The molecule has 3 aromatic rings. The lowest BCUT2D eigenvalue weighted by molar-refractivity contribution is -0.120. The molecule has 0 bridgehead atoms. The topological polar surface area (TPSA) is 77.9 Å². The van der Waals surface area contributed by atoms with Crippen LogP contribution in [0.15, 0.2) is 97.1 Å². The molecule has 0 saturated heterocycles. The summed E-state index contributed by atoms with van der Waals surface area (Å²) >= 11 is 0. The second-order valence-electron chi connectivity index (χ2n) is 10.4. The average molecular weight is 519 g/mol. The van der Waals surface area contributed by atoms with Gasteiger partial charge >= 0.3 is 0 Å². The van der Waals surface area contributed by atoms with Gasteiger partial charge in [0.2, 0.25) is 0 Å². The molecular formula is C33H30N2O4. The molecule has 0 aromatic heterocycles. The van der Waals surface area contributed by atoms with Crippen LogP contribution in [-0.2, 0) is 14.4 Å². The van der Waals surface area contributed by atoms with Crippen LogP contribution in [0.5, 0.6) is 0 Å². The van der Waals surface area contributed by atoms with Crippen molar-refractivity contribution in [1.29, 1.82) is 0 Å². The van der Waals surface area contributed by atoms with Gasteiger partial charge in [0.25, 0.3) is 17.7 Å². The number of carbonyl (C=O) groups excluding carboxylic acids is 3. The molecule has 6 heteroatoms. The number of rotatable bonds is 6. The van der Waals surface area contributed by atoms with Crippen molar-refractivity contribution in [1.82, 2.24) is 0 Å². The molecule has 1 saturated carbocycles. The third-order valence-corrected chi connectivity index (χ3v) is 8.06. The molecule has 6 nitrogen and oxygen atoms in total. The number of hydrogen-bond acceptors (Lipinski definition) is 4. The third kappa shape index (κ3) is 4.84. The van der Waals surface area contributed by atoms with Crippen LogP contribution < -0.4 is 9.80 Å². The van der Waals surface area contributed by atoms with Gasteiger partial charge in [-0.15, -0.1) is 0 Å². The van der Waals surface area contributed by atoms with Gasteiger partial charge < -0.3 is 5.11 Å². The molecule has 2 aliphatic heterocycles. The van der Waals surface area contributed by atoms with Crippen molar-refractivity contribution >= 4 is 29.1 Å². The van der Waals surface area contributed by atoms with E-state index in [1.807, 2.05) is 36.4 Å². The number of aliphatic hydroxyl groups is 1. The lowest BCUT2D eigenvalue weighted by Crippen LogP contribution is -2.33. The summed E-state index contributed by atoms with van der Waals surface area (Å²) in [5.41, 5.74) is 5.72. The van der Waals surface area contributed by atoms with Gasteiger partial charge in [0, 0.05) is 29.8 Å². The zero-order valence-electron chi connectivity index (χ0n) is 21.6. The molecule has 3 amide bonds. The first-order chi connectivity index (χ1) is 19.0. The summed E-state index contributed by atoms with van der Waals surface area (Å²) in [4.78, 5) is 39.1. The summed E-state index contributed by atoms with van der Waals surface area (Å²) < 4.78 is 0. The van der Waals surface area contributed by atoms with Crippen molar-refractivity contribution in [3.05, 3.63) is 119 Å². The number of imide groups is 1. The van der Waals surface area contributed by atoms with E-state index in [9.17, 15) is 19.5 Å². The molecule has 196 valence electrons. The van der Waals surface area contributed by atoms with Crippen LogP contribution in [-0.4, -0.2) is 29.1 Å². The molecule has 1 aliphatic carbocycles. The standard InChI is InChI=1S/C33H30N2O4/c36-29-18-19-30(37)34(29)27-14-10-25(11-15-27)33(24-8-6-23(7-9-24)22-4-2-1-3-5-22)26-12-16-28(17-13-26)35-31(38)20-21-32(35)39/h6-22,29,33,36H,1-5H2. The second-order valence-corrected chi connectivity index (χ2v) is 10.4. The Bertz CT molecular complexity index is 1430. The Labute approximate surface area is 227 Å². The Morgan fingerprint density at radius 3 is 1.64 bits per heavy atom. The summed E-state index contributed by atoms with van der Waals surface area (Å²) in [5.74, 6) is -0.417. The maximum absolute atomic E-state index is 12.2. The quantitative estimate of drug-likeness (QED) is 0.342. The highest BCUT2D eigenvalue weighted by molar-refractivity contribution is 6.28. The summed E-state index contributed by atoms with van der Waals surface area (Å²) in [6.45, 7) is 0. The second kappa shape index (κ2) is 10.5. The Balaban J connectivity index is 1.34. The van der Waals surface area contributed by atoms with E-state index in [-0.39, 0.29) is 23.6 Å². The number of hydrogen-bond donors (Lipinski definition) is 1. The molecule has 39 heavy (non-hydrogen) atoms. The summed E-state index contributed by atoms with van der Waals surface area (Å²) in [6, 6.07) is 24.1. The van der Waals surface area contributed by atoms with E-state index in [0.717, 1.165) is 16.7 Å². The van der Waals surface area contributed by atoms with E-state index in [1.54, 1.807) is 12.1 Å². The van der Waals surface area contributed by atoms with Crippen molar-refractivity contribution in [2.24, 2.45) is 0 Å². The maximum Gasteiger partial charge on any atom is 0.258 e. The van der Waals surface area contributed by atoms with Crippen LogP contribution in [0.3, 0.4) is 0 Å². The minimum atomic E-state index is -0.968. The van der Waals surface area contributed by atoms with Crippen molar-refractivity contribution in [3.8, 4) is 0 Å². The smallest absolute Gasteiger partial charge is 0.258 e. The van der Waals surface area contributed by atoms with E-state index in [4.69, 9.17) is 0 Å². The van der Waals surface area contributed by atoms with E-state index in [2.05, 4.69) is 24.3 Å². The van der Waals surface area contributed by atoms with Crippen LogP contribution in [0.2, 0.25) is 0 Å². The number of carbonyl (C=O) groups is 3. The number of anilines is 2. The van der Waals surface area contributed by atoms with E-state index in [1.165, 1.54) is 71.8 Å². The molecule has 3 aromatic carbocycles. The Hall–Kier alpha value is -4.29. The highest BCUT2D eigenvalue weighted by Crippen LogP contribution is 2.37. The number of aliphatic hydroxyl groups excluding tert-OH is 1. The molecule has 2 heterocycles. The zero-order chi connectivity index (χ0) is 26.9. The summed E-state index contributed by atoms with van der Waals surface area (Å²) in [7, 11) is 0. The molecule has 0 spiro atoms. The lowest BCUT2D eigenvalue weighted by atomic mass is 9.81. The van der Waals surface area contributed by atoms with Crippen LogP contribution >= 0.6 is 0 Å². The first-order valence-corrected chi connectivity index (χ1v) is 13.5. The molecule has 2 atom stereocenters. The fraction of sp³-hybridized carbons (Fsp3) is 0.242. The van der Waals surface area contributed by atoms with Crippen molar-refractivity contribution in [2.75, 3.05) is 9.80 Å². The third-order valence-electron chi connectivity index (χ3n) is 8.06. The van der Waals surface area contributed by atoms with E-state index >= 15 is 0 Å². The van der Waals surface area contributed by atoms with E-state index in [0.29, 0.717) is 17.3 Å². The highest BCUT2D eigenvalue weighted by atomic mass is 16.3. The molecule has 6 rings (SSSR count). The fourth-order valence-electron chi connectivity index (χ4n) is 6.02. The SMILES string of the molecule is O=C1C=CC(=O)N1c1ccc(C(c2ccc(C3CCCCC3)cc2)c2ccc(N3C(=O)C=CC3O)cc2)cc1. The average Bonchev–Trinajstić information content (AvgIpc) is 3.49. The lowest BCUT2D eigenvalue weighted by Gasteiger charge is -2.25. The van der Waals surface area contributed by atoms with Gasteiger partial charge in [-0.3, -0.25) is 19.3 Å². The van der Waals surface area contributed by atoms with Gasteiger partial charge in [0.05, 0.1) is 5.69 Å². The predicted octanol–water partition coefficient (Wildman–Crippen LogP) is 5.57. The predicted molar refractivity (Wildman–Crippen MR) is 150 cm³/mol. The van der Waals surface area contributed by atoms with Gasteiger partial charge in [-0.2, -0.15) is 0 Å². The molecule has 0 radical (unpaired) electrons. The Morgan fingerprint density at radius 2 is 1.13 bits per heavy atom. The van der Waals surface area contributed by atoms with Gasteiger partial charge in [-0.05, 0) is 71.4 Å². The number of benzene rings is 3. The van der Waals surface area contributed by atoms with Crippen LogP contribution in [0, 0.1) is 0 Å². The first kappa shape index (κ1) is 25.0. The highest BCUT2D eigenvalue weighted by Gasteiger charge is 2.27. The summed E-state index contributed by atoms with van der Waals surface area (Å²) in [6.07, 6.45) is 10.8. The van der Waals surface area contributed by atoms with Crippen molar-refractivity contribution in [2.45, 2.75) is 50.2 Å². The number of amides is 3.